The Balaban J connectivity index is 3.04. The van der Waals surface area contributed by atoms with Crippen molar-refractivity contribution in [3.8, 4) is 0 Å². The van der Waals surface area contributed by atoms with E-state index in [0.29, 0.717) is 5.25 Å². The highest BCUT2D eigenvalue weighted by Crippen LogP contribution is 2.14. The minimum atomic E-state index is 0.614. The van der Waals surface area contributed by atoms with Gasteiger partial charge in [-0.3, -0.25) is 0 Å². The summed E-state index contributed by atoms with van der Waals surface area (Å²) < 4.78 is 0. The molecule has 0 radical (unpaired) electrons. The predicted octanol–water partition coefficient (Wildman–Crippen LogP) is 2.99. The van der Waals surface area contributed by atoms with Crippen molar-refractivity contribution < 1.29 is 0 Å². The van der Waals surface area contributed by atoms with Crippen LogP contribution in [0.4, 0.5) is 0 Å². The smallest absolute Gasteiger partial charge is 0.00168 e. The molecule has 0 spiro atoms. The van der Waals surface area contributed by atoms with Crippen LogP contribution in [0.15, 0.2) is 0 Å². The molecule has 0 aliphatic rings. The first-order chi connectivity index (χ1) is 5.81. The van der Waals surface area contributed by atoms with Crippen molar-refractivity contribution in [2.24, 2.45) is 5.73 Å². The molecule has 0 rings (SSSR count). The molecule has 12 heavy (non-hydrogen) atoms. The topological polar surface area (TPSA) is 26.0 Å². The van der Waals surface area contributed by atoms with E-state index in [9.17, 15) is 0 Å². The molecular formula is C10H23NS. The Labute approximate surface area is 82.5 Å². The van der Waals surface area contributed by atoms with Crippen LogP contribution in [0.3, 0.4) is 0 Å². The molecule has 2 heteroatoms. The molecule has 0 bridgehead atoms. The van der Waals surface area contributed by atoms with Gasteiger partial charge in [0.05, 0.1) is 0 Å². The number of hydrogen-bond acceptors (Lipinski definition) is 2. The lowest BCUT2D eigenvalue weighted by atomic mass is 10.1. The minimum Gasteiger partial charge on any atom is -0.330 e. The van der Waals surface area contributed by atoms with Gasteiger partial charge in [-0.25, -0.2) is 0 Å². The number of thiol groups is 1. The van der Waals surface area contributed by atoms with Crippen molar-refractivity contribution in [1.29, 1.82) is 0 Å². The van der Waals surface area contributed by atoms with Crippen molar-refractivity contribution in [2.75, 3.05) is 6.54 Å². The van der Waals surface area contributed by atoms with E-state index in [1.165, 1.54) is 38.5 Å². The van der Waals surface area contributed by atoms with Crippen LogP contribution >= 0.6 is 12.6 Å². The SMILES string of the molecule is CCCCCC(S)CCCCN. The Kier molecular flexibility index (Phi) is 9.64. The van der Waals surface area contributed by atoms with Crippen molar-refractivity contribution >= 4 is 12.6 Å². The quantitative estimate of drug-likeness (QED) is 0.445. The first-order valence-corrected chi connectivity index (χ1v) is 5.71. The van der Waals surface area contributed by atoms with E-state index in [1.54, 1.807) is 0 Å². The maximum Gasteiger partial charge on any atom is 0.00168 e. The fourth-order valence-electron chi connectivity index (χ4n) is 1.30. The van der Waals surface area contributed by atoms with Crippen LogP contribution in [-0.2, 0) is 0 Å². The Hall–Kier alpha value is 0.310. The van der Waals surface area contributed by atoms with Crippen LogP contribution < -0.4 is 5.73 Å². The maximum atomic E-state index is 5.41. The Morgan fingerprint density at radius 1 is 1.08 bits per heavy atom. The molecule has 0 aromatic heterocycles. The van der Waals surface area contributed by atoms with Gasteiger partial charge >= 0.3 is 0 Å². The average Bonchev–Trinajstić information content (AvgIpc) is 2.06. The second kappa shape index (κ2) is 9.40. The highest BCUT2D eigenvalue weighted by atomic mass is 32.1. The van der Waals surface area contributed by atoms with Gasteiger partial charge in [0.2, 0.25) is 0 Å². The highest BCUT2D eigenvalue weighted by Gasteiger charge is 2.01. The zero-order valence-electron chi connectivity index (χ0n) is 8.26. The van der Waals surface area contributed by atoms with Crippen LogP contribution in [0, 0.1) is 0 Å². The summed E-state index contributed by atoms with van der Waals surface area (Å²) >= 11 is 4.53. The molecule has 0 saturated carbocycles. The minimum absolute atomic E-state index is 0.614. The largest absolute Gasteiger partial charge is 0.330 e. The fraction of sp³-hybridized carbons (Fsp3) is 1.00. The number of nitrogens with two attached hydrogens (primary N) is 1. The van der Waals surface area contributed by atoms with Gasteiger partial charge in [-0.05, 0) is 25.8 Å². The summed E-state index contributed by atoms with van der Waals surface area (Å²) in [5, 5.41) is 0.614. The first-order valence-electron chi connectivity index (χ1n) is 5.19. The zero-order valence-corrected chi connectivity index (χ0v) is 9.15. The van der Waals surface area contributed by atoms with E-state index in [1.807, 2.05) is 0 Å². The van der Waals surface area contributed by atoms with E-state index in [-0.39, 0.29) is 0 Å². The molecule has 0 amide bonds. The lowest BCUT2D eigenvalue weighted by molar-refractivity contribution is 0.592. The Morgan fingerprint density at radius 3 is 2.17 bits per heavy atom. The number of hydrogen-bond donors (Lipinski definition) is 2. The van der Waals surface area contributed by atoms with Crippen molar-refractivity contribution in [3.05, 3.63) is 0 Å². The summed E-state index contributed by atoms with van der Waals surface area (Å²) in [4.78, 5) is 0. The van der Waals surface area contributed by atoms with Gasteiger partial charge in [-0.2, -0.15) is 12.6 Å². The van der Waals surface area contributed by atoms with Gasteiger partial charge in [0.15, 0.2) is 0 Å². The predicted molar refractivity (Wildman–Crippen MR) is 59.8 cm³/mol. The molecule has 0 aromatic rings. The molecule has 1 nitrogen and oxygen atoms in total. The van der Waals surface area contributed by atoms with Gasteiger partial charge in [-0.15, -0.1) is 0 Å². The fourth-order valence-corrected chi connectivity index (χ4v) is 1.66. The summed E-state index contributed by atoms with van der Waals surface area (Å²) in [5.41, 5.74) is 5.41. The van der Waals surface area contributed by atoms with E-state index in [2.05, 4.69) is 19.6 Å². The third-order valence-corrected chi connectivity index (χ3v) is 2.65. The van der Waals surface area contributed by atoms with Crippen molar-refractivity contribution in [2.45, 2.75) is 57.1 Å². The Morgan fingerprint density at radius 2 is 1.67 bits per heavy atom. The molecule has 0 heterocycles. The molecule has 1 unspecified atom stereocenters. The van der Waals surface area contributed by atoms with Crippen molar-refractivity contribution in [1.82, 2.24) is 0 Å². The molecule has 0 fully saturated rings. The summed E-state index contributed by atoms with van der Waals surface area (Å²) in [6.07, 6.45) is 8.93. The zero-order chi connectivity index (χ0) is 9.23. The third-order valence-electron chi connectivity index (χ3n) is 2.13. The van der Waals surface area contributed by atoms with E-state index in [4.69, 9.17) is 5.73 Å². The van der Waals surface area contributed by atoms with Crippen molar-refractivity contribution in [3.63, 3.8) is 0 Å². The van der Waals surface area contributed by atoms with Crippen LogP contribution in [-0.4, -0.2) is 11.8 Å². The van der Waals surface area contributed by atoms with Crippen LogP contribution in [0.5, 0.6) is 0 Å². The molecule has 0 aliphatic carbocycles. The van der Waals surface area contributed by atoms with E-state index >= 15 is 0 Å². The molecule has 74 valence electrons. The molecule has 0 saturated heterocycles. The van der Waals surface area contributed by atoms with Gasteiger partial charge < -0.3 is 5.73 Å². The lowest BCUT2D eigenvalue weighted by Crippen LogP contribution is -2.02. The number of unbranched alkanes of at least 4 members (excludes halogenated alkanes) is 3. The Bertz CT molecular complexity index is 75.9. The summed E-state index contributed by atoms with van der Waals surface area (Å²) in [6, 6.07) is 0. The van der Waals surface area contributed by atoms with Gasteiger partial charge in [0.1, 0.15) is 0 Å². The summed E-state index contributed by atoms with van der Waals surface area (Å²) in [7, 11) is 0. The maximum absolute atomic E-state index is 5.41. The van der Waals surface area contributed by atoms with E-state index < -0.39 is 0 Å². The molecule has 0 aromatic carbocycles. The molecule has 0 aliphatic heterocycles. The lowest BCUT2D eigenvalue weighted by Gasteiger charge is -2.08. The molecule has 2 N–H and O–H groups in total. The number of rotatable bonds is 8. The van der Waals surface area contributed by atoms with Gasteiger partial charge in [-0.1, -0.05) is 32.6 Å². The van der Waals surface area contributed by atoms with Gasteiger partial charge in [0, 0.05) is 5.25 Å². The van der Waals surface area contributed by atoms with E-state index in [0.717, 1.165) is 13.0 Å². The van der Waals surface area contributed by atoms with Crippen LogP contribution in [0.2, 0.25) is 0 Å². The van der Waals surface area contributed by atoms with Crippen LogP contribution in [0.1, 0.15) is 51.9 Å². The summed E-state index contributed by atoms with van der Waals surface area (Å²) in [5.74, 6) is 0. The third kappa shape index (κ3) is 8.41. The normalized spacial score (nSPS) is 13.2. The standard InChI is InChI=1S/C10H23NS/c1-2-3-4-7-10(12)8-5-6-9-11/h10,12H,2-9,11H2,1H3. The molecular weight excluding hydrogens is 166 g/mol. The second-order valence-corrected chi connectivity index (χ2v) is 4.16. The second-order valence-electron chi connectivity index (χ2n) is 3.43. The van der Waals surface area contributed by atoms with Gasteiger partial charge in [0.25, 0.3) is 0 Å². The monoisotopic (exact) mass is 189 g/mol. The first kappa shape index (κ1) is 12.3. The average molecular weight is 189 g/mol. The van der Waals surface area contributed by atoms with Crippen LogP contribution in [0.25, 0.3) is 0 Å². The molecule has 1 atom stereocenters. The summed E-state index contributed by atoms with van der Waals surface area (Å²) in [6.45, 7) is 3.07. The highest BCUT2D eigenvalue weighted by molar-refractivity contribution is 7.80.